The van der Waals surface area contributed by atoms with Gasteiger partial charge in [0, 0.05) is 83.5 Å². The standard InChI is InChI=1S/C104H77BN4O/c1-103(2,3)78-41-45-80(46-42-78)106(81-47-43-79(44-48-81)104(4,5)6)82-49-51-92-96(65-82)108(84-58-75(68-28-15-9-16-29-68)55-76(59-84)69-30-17-10-18-31-69)98-64-77(71-40-53-100-90(61-71)86-33-20-22-37-99(86)110-100)63-97-101(98)105(92)91-50-38-72(70-39-52-94-89(60-70)88-35-23-34-87-85-32-19-21-36-93(85)109(94)102(87)88)62-95(91)107(97)83-56-73(66-24-11-7-12-25-66)54-74(57-83)67-26-13-8-14-27-67/h7-65H,1-6H3. The Labute approximate surface area is 641 Å². The number of para-hydroxylation sites is 3. The molecular formula is C104H77BN4O. The highest BCUT2D eigenvalue weighted by Crippen LogP contribution is 2.52. The van der Waals surface area contributed by atoms with Crippen LogP contribution in [0.3, 0.4) is 0 Å². The number of hydrogen-bond acceptors (Lipinski definition) is 4. The van der Waals surface area contributed by atoms with E-state index in [0.29, 0.717) is 0 Å². The molecule has 0 N–H and O–H groups in total. The minimum Gasteiger partial charge on any atom is -0.456 e. The van der Waals surface area contributed by atoms with Crippen LogP contribution in [0.5, 0.6) is 0 Å². The lowest BCUT2D eigenvalue weighted by atomic mass is 9.33. The summed E-state index contributed by atoms with van der Waals surface area (Å²) in [7, 11) is 0. The quantitative estimate of drug-likeness (QED) is 0.121. The van der Waals surface area contributed by atoms with Crippen LogP contribution in [0, 0.1) is 0 Å². The first-order valence-corrected chi connectivity index (χ1v) is 38.5. The van der Waals surface area contributed by atoms with Crippen LogP contribution in [-0.4, -0.2) is 11.1 Å². The van der Waals surface area contributed by atoms with Crippen molar-refractivity contribution < 1.29 is 4.42 Å². The first-order valence-electron chi connectivity index (χ1n) is 38.5. The van der Waals surface area contributed by atoms with Crippen LogP contribution in [0.2, 0.25) is 0 Å². The summed E-state index contributed by atoms with van der Waals surface area (Å²) in [5.41, 5.74) is 34.8. The zero-order chi connectivity index (χ0) is 73.7. The largest absolute Gasteiger partial charge is 0.456 e. The number of rotatable bonds is 11. The lowest BCUT2D eigenvalue weighted by molar-refractivity contribution is 0.590. The Hall–Kier alpha value is -13.4. The first kappa shape index (κ1) is 64.9. The Kier molecular flexibility index (Phi) is 14.8. The second-order valence-electron chi connectivity index (χ2n) is 32.1. The number of nitrogens with zero attached hydrogens (tertiary/aromatic N) is 4. The molecule has 6 heteroatoms. The molecule has 110 heavy (non-hydrogen) atoms. The lowest BCUT2D eigenvalue weighted by Crippen LogP contribution is -2.61. The molecule has 2 aliphatic rings. The molecule has 21 rings (SSSR count). The fraction of sp³-hybridized carbons (Fsp3) is 0.0769. The van der Waals surface area contributed by atoms with Crippen molar-refractivity contribution in [3.63, 3.8) is 0 Å². The molecule has 0 amide bonds. The third-order valence-corrected chi connectivity index (χ3v) is 23.3. The minimum atomic E-state index is -0.255. The first-order chi connectivity index (χ1) is 53.8. The number of fused-ring (bicyclic) bond motifs is 13. The predicted octanol–water partition coefficient (Wildman–Crippen LogP) is 26.9. The van der Waals surface area contributed by atoms with Crippen LogP contribution < -0.4 is 31.1 Å². The van der Waals surface area contributed by atoms with E-state index in [4.69, 9.17) is 4.42 Å². The van der Waals surface area contributed by atoms with E-state index in [0.717, 1.165) is 140 Å². The highest BCUT2D eigenvalue weighted by molar-refractivity contribution is 7.00. The van der Waals surface area contributed by atoms with Crippen molar-refractivity contribution in [1.29, 1.82) is 0 Å². The third-order valence-electron chi connectivity index (χ3n) is 23.3. The van der Waals surface area contributed by atoms with Crippen LogP contribution in [0.15, 0.2) is 362 Å². The summed E-state index contributed by atoms with van der Waals surface area (Å²) in [5.74, 6) is 0. The molecule has 0 spiro atoms. The van der Waals surface area contributed by atoms with Crippen molar-refractivity contribution in [1.82, 2.24) is 4.40 Å². The van der Waals surface area contributed by atoms with Crippen molar-refractivity contribution >= 4 is 134 Å². The van der Waals surface area contributed by atoms with E-state index in [1.807, 2.05) is 0 Å². The van der Waals surface area contributed by atoms with E-state index in [2.05, 4.69) is 419 Å². The van der Waals surface area contributed by atoms with E-state index in [-0.39, 0.29) is 17.5 Å². The highest BCUT2D eigenvalue weighted by atomic mass is 16.3. The Morgan fingerprint density at radius 3 is 1.20 bits per heavy atom. The molecule has 0 saturated heterocycles. The van der Waals surface area contributed by atoms with Crippen LogP contribution in [0.1, 0.15) is 52.7 Å². The maximum absolute atomic E-state index is 6.65. The maximum Gasteiger partial charge on any atom is 0.252 e. The maximum atomic E-state index is 6.65. The second kappa shape index (κ2) is 25.1. The SMILES string of the molecule is CC(C)(C)c1ccc(N(c2ccc(C(C)(C)C)cc2)c2ccc3c(c2)N(c2cc(-c4ccccc4)cc(-c4ccccc4)c2)c2cc(-c4ccc5oc6ccccc6c5c4)cc4c2B3c2ccc(-c3ccc5c(c3)c3cccc6c7ccccc7n5c63)cc2N4c2cc(-c3ccccc3)cc(-c3ccccc3)c2)cc1. The molecule has 3 aromatic heterocycles. The van der Waals surface area contributed by atoms with Crippen molar-refractivity contribution in [2.75, 3.05) is 14.7 Å². The molecule has 0 bridgehead atoms. The van der Waals surface area contributed by atoms with E-state index < -0.39 is 0 Å². The van der Waals surface area contributed by atoms with Crippen LogP contribution in [0.4, 0.5) is 51.2 Å². The molecule has 5 nitrogen and oxygen atoms in total. The summed E-state index contributed by atoms with van der Waals surface area (Å²) in [5, 5.41) is 7.21. The van der Waals surface area contributed by atoms with Gasteiger partial charge in [-0.3, -0.25) is 0 Å². The normalized spacial score (nSPS) is 12.8. The van der Waals surface area contributed by atoms with Crippen molar-refractivity contribution in [3.8, 4) is 66.8 Å². The number of aromatic nitrogens is 1. The molecule has 0 aliphatic carbocycles. The number of hydrogen-bond donors (Lipinski definition) is 0. The van der Waals surface area contributed by atoms with Crippen molar-refractivity contribution in [2.24, 2.45) is 0 Å². The molecular weight excluding hydrogens is 1330 g/mol. The van der Waals surface area contributed by atoms with Gasteiger partial charge in [0.15, 0.2) is 0 Å². The third kappa shape index (κ3) is 10.7. The molecule has 5 heterocycles. The number of anilines is 9. The second-order valence-corrected chi connectivity index (χ2v) is 32.1. The fourth-order valence-electron chi connectivity index (χ4n) is 17.9. The number of furan rings is 1. The van der Waals surface area contributed by atoms with Gasteiger partial charge in [0.1, 0.15) is 11.2 Å². The Bertz CT molecular complexity index is 6670. The molecule has 2 aliphatic heterocycles. The van der Waals surface area contributed by atoms with Gasteiger partial charge < -0.3 is 23.5 Å². The van der Waals surface area contributed by atoms with Gasteiger partial charge in [-0.25, -0.2) is 0 Å². The molecule has 0 fully saturated rings. The van der Waals surface area contributed by atoms with Crippen molar-refractivity contribution in [3.05, 3.63) is 369 Å². The molecule has 0 radical (unpaired) electrons. The monoisotopic (exact) mass is 1410 g/mol. The molecule has 16 aromatic carbocycles. The summed E-state index contributed by atoms with van der Waals surface area (Å²) in [6.07, 6.45) is 0. The van der Waals surface area contributed by atoms with E-state index in [9.17, 15) is 0 Å². The molecule has 19 aromatic rings. The van der Waals surface area contributed by atoms with Crippen molar-refractivity contribution in [2.45, 2.75) is 52.4 Å². The Morgan fingerprint density at radius 1 is 0.264 bits per heavy atom. The topological polar surface area (TPSA) is 27.3 Å². The molecule has 0 saturated carbocycles. The van der Waals surface area contributed by atoms with E-state index in [1.165, 1.54) is 65.6 Å². The van der Waals surface area contributed by atoms with E-state index >= 15 is 0 Å². The van der Waals surface area contributed by atoms with Gasteiger partial charge >= 0.3 is 0 Å². The smallest absolute Gasteiger partial charge is 0.252 e. The average molecular weight is 1410 g/mol. The highest BCUT2D eigenvalue weighted by Gasteiger charge is 2.45. The van der Waals surface area contributed by atoms with Crippen LogP contribution >= 0.6 is 0 Å². The number of benzene rings is 16. The lowest BCUT2D eigenvalue weighted by Gasteiger charge is -2.45. The van der Waals surface area contributed by atoms with E-state index in [1.54, 1.807) is 0 Å². The van der Waals surface area contributed by atoms with Crippen LogP contribution in [0.25, 0.3) is 127 Å². The Balaban J connectivity index is 0.881. The fourth-order valence-corrected chi connectivity index (χ4v) is 17.9. The summed E-state index contributed by atoms with van der Waals surface area (Å²) < 4.78 is 9.13. The summed E-state index contributed by atoms with van der Waals surface area (Å²) in [4.78, 5) is 7.73. The molecule has 0 atom stereocenters. The van der Waals surface area contributed by atoms with Gasteiger partial charge in [-0.2, -0.15) is 0 Å². The van der Waals surface area contributed by atoms with Gasteiger partial charge in [-0.15, -0.1) is 0 Å². The van der Waals surface area contributed by atoms with Gasteiger partial charge in [0.05, 0.1) is 16.6 Å². The van der Waals surface area contributed by atoms with Gasteiger partial charge in [-0.1, -0.05) is 272 Å². The van der Waals surface area contributed by atoms with Gasteiger partial charge in [0.25, 0.3) is 6.71 Å². The minimum absolute atomic E-state index is 0.0408. The summed E-state index contributed by atoms with van der Waals surface area (Å²) in [6.45, 7) is 13.5. The predicted molar refractivity (Wildman–Crippen MR) is 467 cm³/mol. The Morgan fingerprint density at radius 2 is 0.655 bits per heavy atom. The molecule has 0 unspecified atom stereocenters. The summed E-state index contributed by atoms with van der Waals surface area (Å²) in [6, 6.07) is 135. The van der Waals surface area contributed by atoms with Crippen LogP contribution in [-0.2, 0) is 10.8 Å². The summed E-state index contributed by atoms with van der Waals surface area (Å²) >= 11 is 0. The average Bonchev–Trinajstić information content (AvgIpc) is 0.855. The molecule has 522 valence electrons. The zero-order valence-corrected chi connectivity index (χ0v) is 62.3. The zero-order valence-electron chi connectivity index (χ0n) is 62.3. The van der Waals surface area contributed by atoms with Gasteiger partial charge in [-0.05, 0) is 233 Å². The van der Waals surface area contributed by atoms with Gasteiger partial charge in [0.2, 0.25) is 0 Å².